The van der Waals surface area contributed by atoms with E-state index >= 15 is 0 Å². The maximum Gasteiger partial charge on any atom is 0.388 e. The van der Waals surface area contributed by atoms with Crippen molar-refractivity contribution in [2.45, 2.75) is 51.7 Å². The topological polar surface area (TPSA) is 90.0 Å². The van der Waals surface area contributed by atoms with Gasteiger partial charge in [-0.1, -0.05) is 38.1 Å². The number of carbonyl (C=O) groups is 2. The molecule has 194 valence electrons. The molecule has 36 heavy (non-hydrogen) atoms. The number of pyridine rings is 1. The van der Waals surface area contributed by atoms with Gasteiger partial charge in [-0.2, -0.15) is 8.78 Å². The van der Waals surface area contributed by atoms with Gasteiger partial charge in [0.15, 0.2) is 0 Å². The molecule has 8 nitrogen and oxygen atoms in total. The van der Waals surface area contributed by atoms with Crippen LogP contribution in [0.2, 0.25) is 0 Å². The van der Waals surface area contributed by atoms with Gasteiger partial charge >= 0.3 is 12.6 Å². The number of hydrogen-bond acceptors (Lipinski definition) is 7. The molecular weight excluding hydrogens is 472 g/mol. The third-order valence-electron chi connectivity index (χ3n) is 6.77. The van der Waals surface area contributed by atoms with Crippen LogP contribution in [0.15, 0.2) is 36.4 Å². The second-order valence-corrected chi connectivity index (χ2v) is 9.69. The molecule has 1 amide bonds. The van der Waals surface area contributed by atoms with Gasteiger partial charge in [0, 0.05) is 18.8 Å². The fourth-order valence-corrected chi connectivity index (χ4v) is 4.63. The Bertz CT molecular complexity index is 1120. The lowest BCUT2D eigenvalue weighted by atomic mass is 9.70. The molecule has 1 aromatic heterocycles. The first kappa shape index (κ1) is 26.0. The highest BCUT2D eigenvalue weighted by Gasteiger charge is 2.52. The highest BCUT2D eigenvalue weighted by atomic mass is 19.3. The summed E-state index contributed by atoms with van der Waals surface area (Å²) in [4.78, 5) is 31.9. The van der Waals surface area contributed by atoms with E-state index in [-0.39, 0.29) is 61.2 Å². The number of halogens is 2. The zero-order chi connectivity index (χ0) is 26.0. The monoisotopic (exact) mass is 503 g/mol. The summed E-state index contributed by atoms with van der Waals surface area (Å²) in [5.74, 6) is -1.16. The number of benzene rings is 1. The molecule has 3 heterocycles. The lowest BCUT2D eigenvalue weighted by molar-refractivity contribution is -0.183. The van der Waals surface area contributed by atoms with E-state index in [0.29, 0.717) is 12.3 Å². The summed E-state index contributed by atoms with van der Waals surface area (Å²) in [6, 6.07) is 10.8. The van der Waals surface area contributed by atoms with Crippen molar-refractivity contribution >= 4 is 17.6 Å². The molecule has 0 aliphatic carbocycles. The Hall–Kier alpha value is -3.11. The van der Waals surface area contributed by atoms with E-state index < -0.39 is 12.0 Å². The highest BCUT2D eigenvalue weighted by molar-refractivity contribution is 6.01. The molecule has 2 aliphatic heterocycles. The van der Waals surface area contributed by atoms with Crippen molar-refractivity contribution < 1.29 is 32.6 Å². The van der Waals surface area contributed by atoms with Crippen LogP contribution in [0, 0.1) is 12.8 Å². The van der Waals surface area contributed by atoms with Crippen molar-refractivity contribution in [1.82, 2.24) is 9.88 Å². The van der Waals surface area contributed by atoms with Gasteiger partial charge in [-0.25, -0.2) is 4.98 Å². The van der Waals surface area contributed by atoms with Crippen LogP contribution in [0.4, 0.5) is 14.5 Å². The lowest BCUT2D eigenvalue weighted by Gasteiger charge is -2.49. The van der Waals surface area contributed by atoms with Crippen molar-refractivity contribution in [3.8, 4) is 5.88 Å². The average Bonchev–Trinajstić information content (AvgIpc) is 2.78. The number of anilines is 1. The van der Waals surface area contributed by atoms with E-state index in [4.69, 9.17) is 9.47 Å². The van der Waals surface area contributed by atoms with E-state index in [0.717, 1.165) is 11.1 Å². The van der Waals surface area contributed by atoms with Crippen molar-refractivity contribution in [2.24, 2.45) is 5.92 Å². The third-order valence-corrected chi connectivity index (χ3v) is 6.77. The van der Waals surface area contributed by atoms with Crippen LogP contribution in [0.5, 0.6) is 5.88 Å². The van der Waals surface area contributed by atoms with E-state index in [2.05, 4.69) is 15.0 Å². The summed E-state index contributed by atoms with van der Waals surface area (Å²) in [6.07, 6.45) is -0.163. The third kappa shape index (κ3) is 5.19. The second kappa shape index (κ2) is 10.5. The van der Waals surface area contributed by atoms with Crippen LogP contribution < -0.4 is 10.1 Å². The van der Waals surface area contributed by atoms with Gasteiger partial charge < -0.3 is 19.5 Å². The standard InChI is InChI=1S/C26H31F2N3O5/c1-15(2)18-7-5-6-8-20(18)26(12-31(13-26)14-35-23(32)19-11-34-17(19)4)24(33)30-21-10-9-16(3)29-22(21)36-25(27)28/h5-10,15,17,19,25H,11-14H2,1-4H3,(H,30,33). The second-order valence-electron chi connectivity index (χ2n) is 9.69. The van der Waals surface area contributed by atoms with E-state index in [9.17, 15) is 18.4 Å². The van der Waals surface area contributed by atoms with Gasteiger partial charge in [-0.05, 0) is 43.0 Å². The molecule has 4 rings (SSSR count). The molecule has 2 aromatic rings. The zero-order valence-electron chi connectivity index (χ0n) is 20.8. The van der Waals surface area contributed by atoms with Crippen LogP contribution in [0.1, 0.15) is 43.5 Å². The van der Waals surface area contributed by atoms with Gasteiger partial charge in [0.2, 0.25) is 11.8 Å². The SMILES string of the molecule is Cc1ccc(NC(=O)C2(c3ccccc3C(C)C)CN(COC(=O)C3COC3C)C2)c(OC(F)F)n1. The summed E-state index contributed by atoms with van der Waals surface area (Å²) in [6.45, 7) is 5.45. The van der Waals surface area contributed by atoms with Gasteiger partial charge in [0.25, 0.3) is 0 Å². The normalized spacial score (nSPS) is 21.0. The average molecular weight is 504 g/mol. The Balaban J connectivity index is 1.56. The Labute approximate surface area is 208 Å². The number of carbonyl (C=O) groups excluding carboxylic acids is 2. The molecule has 2 atom stereocenters. The number of aromatic nitrogens is 1. The molecule has 2 aliphatic rings. The minimum absolute atomic E-state index is 0.0484. The number of alkyl halides is 2. The number of esters is 1. The van der Waals surface area contributed by atoms with Crippen LogP contribution >= 0.6 is 0 Å². The molecule has 1 N–H and O–H groups in total. The molecule has 10 heteroatoms. The summed E-state index contributed by atoms with van der Waals surface area (Å²) in [7, 11) is 0. The maximum atomic E-state index is 13.8. The number of amides is 1. The molecule has 1 aromatic carbocycles. The highest BCUT2D eigenvalue weighted by Crippen LogP contribution is 2.40. The summed E-state index contributed by atoms with van der Waals surface area (Å²) < 4.78 is 41.2. The zero-order valence-corrected chi connectivity index (χ0v) is 20.8. The van der Waals surface area contributed by atoms with Crippen molar-refractivity contribution in [3.05, 3.63) is 53.2 Å². The van der Waals surface area contributed by atoms with Gasteiger partial charge in [0.05, 0.1) is 12.7 Å². The minimum atomic E-state index is -3.08. The van der Waals surface area contributed by atoms with Crippen LogP contribution in [-0.2, 0) is 24.5 Å². The molecular formula is C26H31F2N3O5. The first-order valence-electron chi connectivity index (χ1n) is 11.9. The van der Waals surface area contributed by atoms with Crippen LogP contribution in [-0.4, -0.2) is 60.9 Å². The molecule has 0 radical (unpaired) electrons. The smallest absolute Gasteiger partial charge is 0.388 e. The number of nitrogens with one attached hydrogen (secondary N) is 1. The molecule has 2 unspecified atom stereocenters. The summed E-state index contributed by atoms with van der Waals surface area (Å²) >= 11 is 0. The fraction of sp³-hybridized carbons (Fsp3) is 0.500. The number of hydrogen-bond donors (Lipinski definition) is 1. The molecule has 2 fully saturated rings. The number of aryl methyl sites for hydroxylation is 1. The lowest BCUT2D eigenvalue weighted by Crippen LogP contribution is -2.65. The predicted octanol–water partition coefficient (Wildman–Crippen LogP) is 3.84. The summed E-state index contributed by atoms with van der Waals surface area (Å²) in [5.41, 5.74) is 1.42. The molecule has 0 bridgehead atoms. The number of ether oxygens (including phenoxy) is 3. The van der Waals surface area contributed by atoms with E-state index in [1.54, 1.807) is 13.0 Å². The first-order chi connectivity index (χ1) is 17.1. The fourth-order valence-electron chi connectivity index (χ4n) is 4.63. The van der Waals surface area contributed by atoms with Crippen LogP contribution in [0.25, 0.3) is 0 Å². The Morgan fingerprint density at radius 3 is 2.56 bits per heavy atom. The first-order valence-corrected chi connectivity index (χ1v) is 11.9. The Morgan fingerprint density at radius 2 is 1.94 bits per heavy atom. The largest absolute Gasteiger partial charge is 0.449 e. The van der Waals surface area contributed by atoms with Crippen molar-refractivity contribution in [1.29, 1.82) is 0 Å². The van der Waals surface area contributed by atoms with Crippen LogP contribution in [0.3, 0.4) is 0 Å². The molecule has 0 spiro atoms. The molecule has 2 saturated heterocycles. The number of nitrogens with zero attached hydrogens (tertiary/aromatic N) is 2. The maximum absolute atomic E-state index is 13.8. The van der Waals surface area contributed by atoms with Crippen molar-refractivity contribution in [3.63, 3.8) is 0 Å². The quantitative estimate of drug-likeness (QED) is 0.520. The molecule has 0 saturated carbocycles. The number of likely N-dealkylation sites (tertiary alicyclic amines) is 1. The van der Waals surface area contributed by atoms with Crippen molar-refractivity contribution in [2.75, 3.05) is 31.7 Å². The predicted molar refractivity (Wildman–Crippen MR) is 128 cm³/mol. The van der Waals surface area contributed by atoms with E-state index in [1.807, 2.05) is 49.9 Å². The Kier molecular flexibility index (Phi) is 7.56. The summed E-state index contributed by atoms with van der Waals surface area (Å²) in [5, 5.41) is 2.77. The van der Waals surface area contributed by atoms with Gasteiger partial charge in [-0.15, -0.1) is 0 Å². The Morgan fingerprint density at radius 1 is 1.22 bits per heavy atom. The van der Waals surface area contributed by atoms with Gasteiger partial charge in [-0.3, -0.25) is 14.5 Å². The minimum Gasteiger partial charge on any atom is -0.449 e. The van der Waals surface area contributed by atoms with E-state index in [1.165, 1.54) is 6.07 Å². The van der Waals surface area contributed by atoms with Gasteiger partial charge in [0.1, 0.15) is 23.8 Å². The number of rotatable bonds is 9.